The number of benzene rings is 1. The van der Waals surface area contributed by atoms with Crippen LogP contribution in [0.1, 0.15) is 29.8 Å². The third-order valence-electron chi connectivity index (χ3n) is 2.10. The van der Waals surface area contributed by atoms with Crippen molar-refractivity contribution in [2.75, 3.05) is 6.61 Å². The van der Waals surface area contributed by atoms with Gasteiger partial charge in [-0.05, 0) is 31.1 Å². The van der Waals surface area contributed by atoms with Crippen LogP contribution in [0, 0.1) is 0 Å². The summed E-state index contributed by atoms with van der Waals surface area (Å²) in [6.45, 7) is 3.92. The highest BCUT2D eigenvalue weighted by Gasteiger charge is 2.01. The van der Waals surface area contributed by atoms with Crippen molar-refractivity contribution in [1.82, 2.24) is 0 Å². The first-order valence-electron chi connectivity index (χ1n) is 5.08. The minimum absolute atomic E-state index is 0.358. The fraction of sp³-hybridized carbons (Fsp3) is 0.231. The molecule has 84 valence electrons. The second kappa shape index (κ2) is 5.85. The molecule has 0 aromatic heterocycles. The van der Waals surface area contributed by atoms with Crippen LogP contribution in [0.25, 0.3) is 5.57 Å². The van der Waals surface area contributed by atoms with Gasteiger partial charge in [-0.3, -0.25) is 4.79 Å². The van der Waals surface area contributed by atoms with Gasteiger partial charge in [0, 0.05) is 11.6 Å². The third-order valence-corrected chi connectivity index (χ3v) is 2.10. The number of carbonyl (C=O) groups is 2. The summed E-state index contributed by atoms with van der Waals surface area (Å²) in [5, 5.41) is 0. The Kier molecular flexibility index (Phi) is 4.45. The number of hydrogen-bond donors (Lipinski definition) is 0. The molecule has 0 amide bonds. The van der Waals surface area contributed by atoms with Crippen LogP contribution in [0.2, 0.25) is 0 Å². The molecular weight excluding hydrogens is 204 g/mol. The Morgan fingerprint density at radius 2 is 2.19 bits per heavy atom. The first kappa shape index (κ1) is 12.2. The van der Waals surface area contributed by atoms with E-state index in [0.29, 0.717) is 12.2 Å². The van der Waals surface area contributed by atoms with Gasteiger partial charge in [-0.2, -0.15) is 0 Å². The molecule has 1 aromatic rings. The van der Waals surface area contributed by atoms with Crippen LogP contribution in [0.15, 0.2) is 30.3 Å². The van der Waals surface area contributed by atoms with Gasteiger partial charge in [-0.1, -0.05) is 18.2 Å². The summed E-state index contributed by atoms with van der Waals surface area (Å²) in [7, 11) is 0. The largest absolute Gasteiger partial charge is 0.463 e. The Bertz CT molecular complexity index is 419. The Labute approximate surface area is 94.7 Å². The summed E-state index contributed by atoms with van der Waals surface area (Å²) in [6.07, 6.45) is 2.20. The highest BCUT2D eigenvalue weighted by molar-refractivity contribution is 5.91. The van der Waals surface area contributed by atoms with Gasteiger partial charge in [0.1, 0.15) is 6.29 Å². The zero-order valence-corrected chi connectivity index (χ0v) is 9.40. The van der Waals surface area contributed by atoms with Crippen LogP contribution < -0.4 is 0 Å². The Balaban J connectivity index is 2.90. The normalized spacial score (nSPS) is 11.0. The minimum Gasteiger partial charge on any atom is -0.463 e. The monoisotopic (exact) mass is 218 g/mol. The molecule has 3 nitrogen and oxygen atoms in total. The van der Waals surface area contributed by atoms with Crippen molar-refractivity contribution in [2.24, 2.45) is 0 Å². The lowest BCUT2D eigenvalue weighted by atomic mass is 10.0. The second-order valence-corrected chi connectivity index (χ2v) is 3.32. The summed E-state index contributed by atoms with van der Waals surface area (Å²) in [5.74, 6) is -0.364. The van der Waals surface area contributed by atoms with Crippen LogP contribution in [-0.4, -0.2) is 18.9 Å². The molecule has 0 saturated carbocycles. The smallest absolute Gasteiger partial charge is 0.331 e. The van der Waals surface area contributed by atoms with E-state index in [1.807, 2.05) is 6.07 Å². The molecule has 0 heterocycles. The maximum Gasteiger partial charge on any atom is 0.331 e. The lowest BCUT2D eigenvalue weighted by molar-refractivity contribution is -0.137. The summed E-state index contributed by atoms with van der Waals surface area (Å²) < 4.78 is 4.81. The summed E-state index contributed by atoms with van der Waals surface area (Å²) in [5.41, 5.74) is 2.22. The van der Waals surface area contributed by atoms with Gasteiger partial charge in [0.25, 0.3) is 0 Å². The summed E-state index contributed by atoms with van der Waals surface area (Å²) in [6, 6.07) is 7.08. The van der Waals surface area contributed by atoms with Gasteiger partial charge in [0.2, 0.25) is 0 Å². The average Bonchev–Trinajstić information content (AvgIpc) is 2.29. The van der Waals surface area contributed by atoms with E-state index in [9.17, 15) is 9.59 Å². The van der Waals surface area contributed by atoms with Crippen LogP contribution in [0.4, 0.5) is 0 Å². The molecule has 0 atom stereocenters. The molecule has 0 saturated heterocycles. The van der Waals surface area contributed by atoms with E-state index in [4.69, 9.17) is 4.74 Å². The van der Waals surface area contributed by atoms with E-state index in [0.717, 1.165) is 17.4 Å². The maximum absolute atomic E-state index is 11.2. The molecule has 1 rings (SSSR count). The fourth-order valence-electron chi connectivity index (χ4n) is 1.30. The molecule has 0 N–H and O–H groups in total. The number of ether oxygens (including phenoxy) is 1. The van der Waals surface area contributed by atoms with Crippen molar-refractivity contribution in [2.45, 2.75) is 13.8 Å². The quantitative estimate of drug-likeness (QED) is 0.443. The van der Waals surface area contributed by atoms with Crippen molar-refractivity contribution in [3.05, 3.63) is 41.5 Å². The van der Waals surface area contributed by atoms with Gasteiger partial charge < -0.3 is 4.74 Å². The lowest BCUT2D eigenvalue weighted by Gasteiger charge is -2.02. The lowest BCUT2D eigenvalue weighted by Crippen LogP contribution is -2.00. The molecule has 0 bridgehead atoms. The fourth-order valence-corrected chi connectivity index (χ4v) is 1.30. The van der Waals surface area contributed by atoms with Gasteiger partial charge >= 0.3 is 5.97 Å². The maximum atomic E-state index is 11.2. The Hall–Kier alpha value is -1.90. The molecule has 0 fully saturated rings. The predicted molar refractivity (Wildman–Crippen MR) is 62.1 cm³/mol. The molecule has 0 spiro atoms. The van der Waals surface area contributed by atoms with Gasteiger partial charge in [-0.15, -0.1) is 0 Å². The predicted octanol–water partition coefficient (Wildman–Crippen LogP) is 2.47. The number of carbonyl (C=O) groups excluding carboxylic acids is 2. The van der Waals surface area contributed by atoms with Crippen molar-refractivity contribution in [1.29, 1.82) is 0 Å². The van der Waals surface area contributed by atoms with Crippen LogP contribution in [0.3, 0.4) is 0 Å². The molecule has 3 heteroatoms. The molecular formula is C13H14O3. The number of esters is 1. The topological polar surface area (TPSA) is 43.4 Å². The third kappa shape index (κ3) is 3.35. The zero-order valence-electron chi connectivity index (χ0n) is 9.40. The van der Waals surface area contributed by atoms with E-state index in [1.165, 1.54) is 6.08 Å². The molecule has 1 aromatic carbocycles. The van der Waals surface area contributed by atoms with E-state index in [2.05, 4.69) is 0 Å². The molecule has 0 unspecified atom stereocenters. The highest BCUT2D eigenvalue weighted by atomic mass is 16.5. The van der Waals surface area contributed by atoms with Crippen LogP contribution in [0.5, 0.6) is 0 Å². The summed E-state index contributed by atoms with van der Waals surface area (Å²) >= 11 is 0. The van der Waals surface area contributed by atoms with E-state index < -0.39 is 0 Å². The average molecular weight is 218 g/mol. The summed E-state index contributed by atoms with van der Waals surface area (Å²) in [4.78, 5) is 21.8. The second-order valence-electron chi connectivity index (χ2n) is 3.32. The number of aldehydes is 1. The molecule has 0 radical (unpaired) electrons. The Morgan fingerprint density at radius 1 is 1.44 bits per heavy atom. The number of allylic oxidation sites excluding steroid dienone is 1. The molecule has 0 aliphatic carbocycles. The first-order chi connectivity index (χ1) is 7.67. The van der Waals surface area contributed by atoms with Crippen molar-refractivity contribution >= 4 is 17.8 Å². The van der Waals surface area contributed by atoms with Crippen molar-refractivity contribution in [3.8, 4) is 0 Å². The molecule has 16 heavy (non-hydrogen) atoms. The number of rotatable bonds is 4. The molecule has 0 aliphatic rings. The van der Waals surface area contributed by atoms with E-state index >= 15 is 0 Å². The molecule has 0 aliphatic heterocycles. The van der Waals surface area contributed by atoms with Crippen LogP contribution in [-0.2, 0) is 9.53 Å². The number of hydrogen-bond acceptors (Lipinski definition) is 3. The van der Waals surface area contributed by atoms with E-state index in [1.54, 1.807) is 32.0 Å². The van der Waals surface area contributed by atoms with Gasteiger partial charge in [0.15, 0.2) is 0 Å². The SMILES string of the molecule is CCOC(=O)/C=C(/C)c1cccc(C=O)c1. The van der Waals surface area contributed by atoms with Gasteiger partial charge in [0.05, 0.1) is 6.61 Å². The van der Waals surface area contributed by atoms with Crippen LogP contribution >= 0.6 is 0 Å². The van der Waals surface area contributed by atoms with Crippen molar-refractivity contribution < 1.29 is 14.3 Å². The first-order valence-corrected chi connectivity index (χ1v) is 5.08. The zero-order chi connectivity index (χ0) is 12.0. The van der Waals surface area contributed by atoms with E-state index in [-0.39, 0.29) is 5.97 Å². The highest BCUT2D eigenvalue weighted by Crippen LogP contribution is 2.14. The van der Waals surface area contributed by atoms with Crippen molar-refractivity contribution in [3.63, 3.8) is 0 Å². The van der Waals surface area contributed by atoms with Gasteiger partial charge in [-0.25, -0.2) is 4.79 Å². The minimum atomic E-state index is -0.364. The standard InChI is InChI=1S/C13H14O3/c1-3-16-13(15)7-10(2)12-6-4-5-11(8-12)9-14/h4-9H,3H2,1-2H3/b10-7-. The Morgan fingerprint density at radius 3 is 2.81 bits per heavy atom.